The van der Waals surface area contributed by atoms with E-state index < -0.39 is 29.2 Å². The van der Waals surface area contributed by atoms with Crippen molar-refractivity contribution in [1.82, 2.24) is 15.5 Å². The molecule has 2 aromatic carbocycles. The largest absolute Gasteiger partial charge is 0.432 e. The Bertz CT molecular complexity index is 1330. The van der Waals surface area contributed by atoms with Crippen molar-refractivity contribution >= 4 is 16.6 Å². The quantitative estimate of drug-likeness (QED) is 0.570. The van der Waals surface area contributed by atoms with Gasteiger partial charge >= 0.3 is 6.18 Å². The van der Waals surface area contributed by atoms with Gasteiger partial charge in [-0.2, -0.15) is 28.8 Å². The molecule has 3 aromatic rings. The standard InChI is InChI=1S/C22H13F4N5/c1-11-15-8-13(4-7-18(15)31-30-11)19-16(9-27)20(12-2-5-14(23)6-3-12)29-21(17(19)10-28)22(24,25)26/h2-8,19,29H,1H3,(H,30,31)/t19-/m0/s1. The van der Waals surface area contributed by atoms with Gasteiger partial charge in [0.15, 0.2) is 0 Å². The molecule has 4 rings (SSSR count). The zero-order valence-electron chi connectivity index (χ0n) is 16.0. The first-order valence-corrected chi connectivity index (χ1v) is 9.08. The molecule has 0 unspecified atom stereocenters. The summed E-state index contributed by atoms with van der Waals surface area (Å²) in [5.74, 6) is -1.83. The van der Waals surface area contributed by atoms with Gasteiger partial charge in [-0.25, -0.2) is 4.39 Å². The third kappa shape index (κ3) is 3.40. The second-order valence-electron chi connectivity index (χ2n) is 6.99. The van der Waals surface area contributed by atoms with Crippen LogP contribution >= 0.6 is 0 Å². The number of fused-ring (bicyclic) bond motifs is 1. The van der Waals surface area contributed by atoms with Crippen LogP contribution in [0.1, 0.15) is 22.7 Å². The van der Waals surface area contributed by atoms with E-state index in [9.17, 15) is 28.1 Å². The third-order valence-electron chi connectivity index (χ3n) is 5.13. The number of nitrogens with zero attached hydrogens (tertiary/aromatic N) is 3. The topological polar surface area (TPSA) is 88.3 Å². The maximum absolute atomic E-state index is 13.9. The number of dihydropyridines is 1. The highest BCUT2D eigenvalue weighted by Crippen LogP contribution is 2.44. The summed E-state index contributed by atoms with van der Waals surface area (Å²) >= 11 is 0. The van der Waals surface area contributed by atoms with Crippen LogP contribution in [0, 0.1) is 35.4 Å². The van der Waals surface area contributed by atoms with Crippen molar-refractivity contribution in [2.24, 2.45) is 0 Å². The maximum atomic E-state index is 13.9. The third-order valence-corrected chi connectivity index (χ3v) is 5.13. The minimum absolute atomic E-state index is 0.0725. The number of nitrogens with one attached hydrogen (secondary N) is 2. The highest BCUT2D eigenvalue weighted by molar-refractivity contribution is 5.84. The highest BCUT2D eigenvalue weighted by Gasteiger charge is 2.44. The van der Waals surface area contributed by atoms with Crippen LogP contribution in [-0.2, 0) is 0 Å². The summed E-state index contributed by atoms with van der Waals surface area (Å²) < 4.78 is 55.0. The number of halogens is 4. The number of benzene rings is 2. The predicted octanol–water partition coefficient (Wildman–Crippen LogP) is 4.97. The summed E-state index contributed by atoms with van der Waals surface area (Å²) in [6, 6.07) is 13.1. The van der Waals surface area contributed by atoms with E-state index in [1.165, 1.54) is 12.1 Å². The molecule has 1 aromatic heterocycles. The number of rotatable bonds is 2. The fourth-order valence-electron chi connectivity index (χ4n) is 3.67. The summed E-state index contributed by atoms with van der Waals surface area (Å²) in [4.78, 5) is 0. The van der Waals surface area contributed by atoms with Crippen molar-refractivity contribution in [3.63, 3.8) is 0 Å². The number of alkyl halides is 3. The van der Waals surface area contributed by atoms with Crippen LogP contribution in [0.3, 0.4) is 0 Å². The van der Waals surface area contributed by atoms with Gasteiger partial charge in [-0.05, 0) is 54.4 Å². The molecule has 0 spiro atoms. The average Bonchev–Trinajstić information content (AvgIpc) is 3.12. The SMILES string of the molecule is Cc1[nH]nc2ccc([C@H]3C(C#N)=C(c4ccc(F)cc4)NC(C(F)(F)F)=C3C#N)cc12. The van der Waals surface area contributed by atoms with Gasteiger partial charge in [0.1, 0.15) is 11.5 Å². The van der Waals surface area contributed by atoms with Gasteiger partial charge in [0.05, 0.1) is 40.4 Å². The van der Waals surface area contributed by atoms with Gasteiger partial charge in [-0.1, -0.05) is 6.07 Å². The number of H-pyrrole nitrogens is 1. The molecule has 2 N–H and O–H groups in total. The first-order chi connectivity index (χ1) is 14.7. The first-order valence-electron chi connectivity index (χ1n) is 9.08. The number of hydrogen-bond acceptors (Lipinski definition) is 4. The molecule has 0 fully saturated rings. The van der Waals surface area contributed by atoms with Gasteiger partial charge in [0, 0.05) is 11.1 Å². The number of allylic oxidation sites excluding steroid dienone is 3. The van der Waals surface area contributed by atoms with E-state index in [1.807, 2.05) is 6.07 Å². The van der Waals surface area contributed by atoms with Gasteiger partial charge < -0.3 is 5.32 Å². The minimum Gasteiger partial charge on any atom is -0.349 e. The second-order valence-corrected chi connectivity index (χ2v) is 6.99. The van der Waals surface area contributed by atoms with Crippen molar-refractivity contribution in [1.29, 1.82) is 10.5 Å². The van der Waals surface area contributed by atoms with Crippen LogP contribution in [-0.4, -0.2) is 16.4 Å². The van der Waals surface area contributed by atoms with Gasteiger partial charge in [0.2, 0.25) is 0 Å². The average molecular weight is 423 g/mol. The lowest BCUT2D eigenvalue weighted by atomic mass is 9.79. The molecule has 1 atom stereocenters. The molecule has 0 bridgehead atoms. The number of aryl methyl sites for hydroxylation is 1. The van der Waals surface area contributed by atoms with E-state index in [1.54, 1.807) is 31.2 Å². The number of nitriles is 2. The predicted molar refractivity (Wildman–Crippen MR) is 104 cm³/mol. The Kier molecular flexibility index (Phi) is 4.75. The summed E-state index contributed by atoms with van der Waals surface area (Å²) in [5.41, 5.74) is -0.215. The Morgan fingerprint density at radius 1 is 1.00 bits per heavy atom. The zero-order valence-corrected chi connectivity index (χ0v) is 16.0. The van der Waals surface area contributed by atoms with Gasteiger partial charge in [-0.3, -0.25) is 5.10 Å². The van der Waals surface area contributed by atoms with E-state index in [0.29, 0.717) is 22.2 Å². The second kappa shape index (κ2) is 7.29. The lowest BCUT2D eigenvalue weighted by molar-refractivity contribution is -0.0962. The summed E-state index contributed by atoms with van der Waals surface area (Å²) in [7, 11) is 0. The molecule has 0 saturated heterocycles. The molecule has 2 heterocycles. The van der Waals surface area contributed by atoms with Crippen LogP contribution in [0.15, 0.2) is 59.3 Å². The summed E-state index contributed by atoms with van der Waals surface area (Å²) in [6.45, 7) is 1.76. The van der Waals surface area contributed by atoms with Crippen LogP contribution < -0.4 is 5.32 Å². The van der Waals surface area contributed by atoms with Crippen molar-refractivity contribution in [3.05, 3.63) is 81.9 Å². The molecular formula is C22H13F4N5. The fraction of sp³-hybridized carbons (Fsp3) is 0.136. The smallest absolute Gasteiger partial charge is 0.349 e. The summed E-state index contributed by atoms with van der Waals surface area (Å²) in [5, 5.41) is 29.3. The highest BCUT2D eigenvalue weighted by atomic mass is 19.4. The molecule has 1 aliphatic heterocycles. The fourth-order valence-corrected chi connectivity index (χ4v) is 3.67. The van der Waals surface area contributed by atoms with Crippen molar-refractivity contribution in [3.8, 4) is 12.1 Å². The molecule has 5 nitrogen and oxygen atoms in total. The summed E-state index contributed by atoms with van der Waals surface area (Å²) in [6.07, 6.45) is -4.87. The maximum Gasteiger partial charge on any atom is 0.432 e. The zero-order chi connectivity index (χ0) is 22.3. The Labute approximate surface area is 173 Å². The minimum atomic E-state index is -4.87. The van der Waals surface area contributed by atoms with Crippen LogP contribution in [0.4, 0.5) is 17.6 Å². The molecule has 0 radical (unpaired) electrons. The number of hydrogen-bond donors (Lipinski definition) is 2. The molecular weight excluding hydrogens is 410 g/mol. The van der Waals surface area contributed by atoms with Gasteiger partial charge in [-0.15, -0.1) is 0 Å². The van der Waals surface area contributed by atoms with E-state index in [4.69, 9.17) is 0 Å². The van der Waals surface area contributed by atoms with Crippen molar-refractivity contribution in [2.75, 3.05) is 0 Å². The lowest BCUT2D eigenvalue weighted by Crippen LogP contribution is -2.33. The molecule has 1 aliphatic rings. The van der Waals surface area contributed by atoms with Crippen LogP contribution in [0.2, 0.25) is 0 Å². The van der Waals surface area contributed by atoms with Crippen molar-refractivity contribution < 1.29 is 17.6 Å². The van der Waals surface area contributed by atoms with Crippen molar-refractivity contribution in [2.45, 2.75) is 19.0 Å². The van der Waals surface area contributed by atoms with Crippen LogP contribution in [0.25, 0.3) is 16.6 Å². The lowest BCUT2D eigenvalue weighted by Gasteiger charge is -2.30. The Hall–Kier alpha value is -4.11. The van der Waals surface area contributed by atoms with E-state index in [-0.39, 0.29) is 16.8 Å². The Morgan fingerprint density at radius 3 is 2.29 bits per heavy atom. The van der Waals surface area contributed by atoms with E-state index in [0.717, 1.165) is 12.1 Å². The molecule has 31 heavy (non-hydrogen) atoms. The van der Waals surface area contributed by atoms with Crippen LogP contribution in [0.5, 0.6) is 0 Å². The number of aromatic amines is 1. The number of aromatic nitrogens is 2. The normalized spacial score (nSPS) is 16.8. The first kappa shape index (κ1) is 20.2. The van der Waals surface area contributed by atoms with E-state index >= 15 is 0 Å². The molecule has 154 valence electrons. The van der Waals surface area contributed by atoms with Gasteiger partial charge in [0.25, 0.3) is 0 Å². The molecule has 0 saturated carbocycles. The molecule has 0 amide bonds. The monoisotopic (exact) mass is 423 g/mol. The molecule has 0 aliphatic carbocycles. The molecule has 9 heteroatoms. The van der Waals surface area contributed by atoms with E-state index in [2.05, 4.69) is 15.5 Å². The Morgan fingerprint density at radius 2 is 1.68 bits per heavy atom. The Balaban J connectivity index is 2.02.